The molecule has 3 atom stereocenters. The molecule has 2 bridgehead atoms. The third kappa shape index (κ3) is 1.12. The minimum absolute atomic E-state index is 0.216. The average Bonchev–Trinajstić information content (AvgIpc) is 2.42. The zero-order valence-electron chi connectivity index (χ0n) is 5.69. The van der Waals surface area contributed by atoms with Crippen LogP contribution in [0.5, 0.6) is 0 Å². The molecule has 2 nitrogen and oxygen atoms in total. The maximum atomic E-state index is 12.1. The fourth-order valence-corrected chi connectivity index (χ4v) is 1.67. The lowest BCUT2D eigenvalue weighted by atomic mass is 10.1. The summed E-state index contributed by atoms with van der Waals surface area (Å²) in [5, 5.41) is 2.77. The maximum Gasteiger partial charge on any atom is 0.416 e. The molecule has 3 unspecified atom stereocenters. The Hall–Kier alpha value is -0.290. The predicted octanol–water partition coefficient (Wildman–Crippen LogP) is 0.678. The molecular formula is C6H8F3NO. The molecule has 2 rings (SSSR count). The van der Waals surface area contributed by atoms with Crippen LogP contribution < -0.4 is 5.32 Å². The molecule has 2 fully saturated rings. The Morgan fingerprint density at radius 3 is 2.36 bits per heavy atom. The van der Waals surface area contributed by atoms with Crippen LogP contribution in [0.25, 0.3) is 0 Å². The molecule has 0 aromatic carbocycles. The van der Waals surface area contributed by atoms with E-state index < -0.39 is 18.3 Å². The number of morpholine rings is 1. The van der Waals surface area contributed by atoms with Gasteiger partial charge in [-0.3, -0.25) is 0 Å². The summed E-state index contributed by atoms with van der Waals surface area (Å²) in [6, 6.07) is -0.500. The molecule has 0 radical (unpaired) electrons. The van der Waals surface area contributed by atoms with Crippen molar-refractivity contribution in [2.45, 2.75) is 30.8 Å². The van der Waals surface area contributed by atoms with Crippen LogP contribution in [-0.2, 0) is 4.74 Å². The Balaban J connectivity index is 2.08. The number of nitrogens with one attached hydrogen (secondary N) is 1. The highest BCUT2D eigenvalue weighted by molar-refractivity contribution is 4.98. The number of ether oxygens (including phenoxy) is 1. The van der Waals surface area contributed by atoms with Crippen LogP contribution >= 0.6 is 0 Å². The molecule has 1 N–H and O–H groups in total. The largest absolute Gasteiger partial charge is 0.416 e. The summed E-state index contributed by atoms with van der Waals surface area (Å²) < 4.78 is 40.9. The highest BCUT2D eigenvalue weighted by atomic mass is 19.4. The number of alkyl halides is 3. The van der Waals surface area contributed by atoms with E-state index in [1.165, 1.54) is 0 Å². The van der Waals surface area contributed by atoms with Crippen molar-refractivity contribution in [3.05, 3.63) is 0 Å². The second-order valence-corrected chi connectivity index (χ2v) is 2.97. The Kier molecular flexibility index (Phi) is 1.41. The lowest BCUT2D eigenvalue weighted by Gasteiger charge is -2.25. The van der Waals surface area contributed by atoms with E-state index in [2.05, 4.69) is 5.32 Å². The van der Waals surface area contributed by atoms with Gasteiger partial charge in [0.25, 0.3) is 0 Å². The summed E-state index contributed by atoms with van der Waals surface area (Å²) in [7, 11) is 0. The van der Waals surface area contributed by atoms with E-state index >= 15 is 0 Å². The van der Waals surface area contributed by atoms with E-state index in [1.807, 2.05) is 0 Å². The van der Waals surface area contributed by atoms with E-state index in [4.69, 9.17) is 4.74 Å². The molecule has 2 saturated heterocycles. The van der Waals surface area contributed by atoms with Gasteiger partial charge in [-0.1, -0.05) is 0 Å². The number of hydrogen-bond acceptors (Lipinski definition) is 2. The van der Waals surface area contributed by atoms with Crippen molar-refractivity contribution in [3.8, 4) is 0 Å². The molecule has 5 heteroatoms. The van der Waals surface area contributed by atoms with Crippen molar-refractivity contribution in [2.75, 3.05) is 6.54 Å². The summed E-state index contributed by atoms with van der Waals surface area (Å²) in [6.07, 6.45) is -5.48. The van der Waals surface area contributed by atoms with Gasteiger partial charge in [-0.15, -0.1) is 0 Å². The molecule has 0 spiro atoms. The topological polar surface area (TPSA) is 21.3 Å². The second kappa shape index (κ2) is 2.10. The van der Waals surface area contributed by atoms with Gasteiger partial charge in [0, 0.05) is 12.6 Å². The second-order valence-electron chi connectivity index (χ2n) is 2.97. The van der Waals surface area contributed by atoms with Gasteiger partial charge in [-0.05, 0) is 6.42 Å². The SMILES string of the molecule is FC(F)(F)C1OC2CNC1C2. The van der Waals surface area contributed by atoms with Crippen LogP contribution in [-0.4, -0.2) is 31.0 Å². The summed E-state index contributed by atoms with van der Waals surface area (Å²) in [6.45, 7) is 0.567. The standard InChI is InChI=1S/C6H8F3NO/c7-6(8,9)5-4-1-3(11-5)2-10-4/h3-5,10H,1-2H2. The predicted molar refractivity (Wildman–Crippen MR) is 31.1 cm³/mol. The molecule has 64 valence electrons. The molecule has 0 aromatic heterocycles. The van der Waals surface area contributed by atoms with Crippen molar-refractivity contribution < 1.29 is 17.9 Å². The van der Waals surface area contributed by atoms with E-state index in [9.17, 15) is 13.2 Å². The van der Waals surface area contributed by atoms with E-state index in [0.717, 1.165) is 0 Å². The molecule has 11 heavy (non-hydrogen) atoms. The van der Waals surface area contributed by atoms with Gasteiger partial charge >= 0.3 is 6.18 Å². The van der Waals surface area contributed by atoms with Gasteiger partial charge < -0.3 is 10.1 Å². The third-order valence-electron chi connectivity index (χ3n) is 2.15. The number of rotatable bonds is 0. The first-order chi connectivity index (χ1) is 5.07. The summed E-state index contributed by atoms with van der Waals surface area (Å²) in [4.78, 5) is 0. The molecule has 0 aromatic rings. The van der Waals surface area contributed by atoms with Crippen LogP contribution in [0.4, 0.5) is 13.2 Å². The van der Waals surface area contributed by atoms with Crippen molar-refractivity contribution in [2.24, 2.45) is 0 Å². The van der Waals surface area contributed by atoms with E-state index in [-0.39, 0.29) is 6.10 Å². The van der Waals surface area contributed by atoms with Crippen LogP contribution in [0, 0.1) is 0 Å². The fourth-order valence-electron chi connectivity index (χ4n) is 1.67. The lowest BCUT2D eigenvalue weighted by molar-refractivity contribution is -0.225. The van der Waals surface area contributed by atoms with Crippen LogP contribution in [0.15, 0.2) is 0 Å². The van der Waals surface area contributed by atoms with Crippen LogP contribution in [0.1, 0.15) is 6.42 Å². The first-order valence-corrected chi connectivity index (χ1v) is 3.53. The van der Waals surface area contributed by atoms with Crippen molar-refractivity contribution >= 4 is 0 Å². The zero-order chi connectivity index (χ0) is 8.06. The van der Waals surface area contributed by atoms with Crippen LogP contribution in [0.2, 0.25) is 0 Å². The highest BCUT2D eigenvalue weighted by Gasteiger charge is 2.54. The monoisotopic (exact) mass is 167 g/mol. The molecule has 2 aliphatic rings. The summed E-state index contributed by atoms with van der Waals surface area (Å²) in [5.74, 6) is 0. The zero-order valence-corrected chi connectivity index (χ0v) is 5.69. The molecular weight excluding hydrogens is 159 g/mol. The number of halogens is 3. The highest BCUT2D eigenvalue weighted by Crippen LogP contribution is 2.36. The Morgan fingerprint density at radius 2 is 2.09 bits per heavy atom. The first kappa shape index (κ1) is 7.36. The quantitative estimate of drug-likeness (QED) is 0.572. The van der Waals surface area contributed by atoms with Crippen LogP contribution in [0.3, 0.4) is 0 Å². The first-order valence-electron chi connectivity index (χ1n) is 3.53. The van der Waals surface area contributed by atoms with Gasteiger partial charge in [0.2, 0.25) is 0 Å². The van der Waals surface area contributed by atoms with Crippen molar-refractivity contribution in [1.29, 1.82) is 0 Å². The molecule has 0 aliphatic carbocycles. The Morgan fingerprint density at radius 1 is 1.36 bits per heavy atom. The van der Waals surface area contributed by atoms with Gasteiger partial charge in [0.1, 0.15) is 0 Å². The minimum Gasteiger partial charge on any atom is -0.362 e. The summed E-state index contributed by atoms with van der Waals surface area (Å²) >= 11 is 0. The average molecular weight is 167 g/mol. The molecule has 2 heterocycles. The normalized spacial score (nSPS) is 43.4. The minimum atomic E-state index is -4.20. The smallest absolute Gasteiger partial charge is 0.362 e. The van der Waals surface area contributed by atoms with Gasteiger partial charge in [0.15, 0.2) is 6.10 Å². The third-order valence-corrected chi connectivity index (χ3v) is 2.15. The van der Waals surface area contributed by atoms with Gasteiger partial charge in [-0.25, -0.2) is 0 Å². The van der Waals surface area contributed by atoms with E-state index in [1.54, 1.807) is 0 Å². The lowest BCUT2D eigenvalue weighted by Crippen LogP contribution is -2.47. The van der Waals surface area contributed by atoms with Gasteiger partial charge in [0.05, 0.1) is 6.10 Å². The molecule has 0 saturated carbocycles. The van der Waals surface area contributed by atoms with Gasteiger partial charge in [-0.2, -0.15) is 13.2 Å². The number of fused-ring (bicyclic) bond motifs is 2. The van der Waals surface area contributed by atoms with E-state index in [0.29, 0.717) is 13.0 Å². The summed E-state index contributed by atoms with van der Waals surface area (Å²) in [5.41, 5.74) is 0. The Labute approximate surface area is 61.7 Å². The Bertz CT molecular complexity index is 170. The van der Waals surface area contributed by atoms with Crippen molar-refractivity contribution in [1.82, 2.24) is 5.32 Å². The maximum absolute atomic E-state index is 12.1. The molecule has 0 amide bonds. The number of hydrogen-bond donors (Lipinski definition) is 1. The van der Waals surface area contributed by atoms with Crippen molar-refractivity contribution in [3.63, 3.8) is 0 Å². The molecule has 2 aliphatic heterocycles. The fraction of sp³-hybridized carbons (Fsp3) is 1.00.